The predicted molar refractivity (Wildman–Crippen MR) is 121 cm³/mol. The van der Waals surface area contributed by atoms with Gasteiger partial charge in [0.1, 0.15) is 22.7 Å². The van der Waals surface area contributed by atoms with Crippen LogP contribution in [0.4, 0.5) is 0 Å². The van der Waals surface area contributed by atoms with Gasteiger partial charge in [-0.1, -0.05) is 62.4 Å². The average Bonchev–Trinajstić information content (AvgIpc) is 3.27. The third-order valence-electron chi connectivity index (χ3n) is 6.92. The van der Waals surface area contributed by atoms with Gasteiger partial charge in [-0.2, -0.15) is 0 Å². The average molecular weight is 399 g/mol. The van der Waals surface area contributed by atoms with E-state index in [0.29, 0.717) is 0 Å². The molecule has 0 aromatic heterocycles. The summed E-state index contributed by atoms with van der Waals surface area (Å²) in [5.74, 6) is 2.01. The van der Waals surface area contributed by atoms with Crippen molar-refractivity contribution >= 4 is 0 Å². The van der Waals surface area contributed by atoms with Gasteiger partial charge in [0.2, 0.25) is 0 Å². The lowest BCUT2D eigenvalue weighted by Crippen LogP contribution is -2.27. The van der Waals surface area contributed by atoms with Crippen molar-refractivity contribution in [2.45, 2.75) is 64.6 Å². The first-order chi connectivity index (χ1) is 14.4. The zero-order valence-corrected chi connectivity index (χ0v) is 18.4. The fourth-order valence-electron chi connectivity index (χ4n) is 4.90. The molecule has 2 aliphatic heterocycles. The minimum atomic E-state index is -0.316. The largest absolute Gasteiger partial charge is 0.482 e. The van der Waals surface area contributed by atoms with Crippen LogP contribution in [-0.2, 0) is 36.9 Å². The maximum atomic E-state index is 6.53. The summed E-state index contributed by atoms with van der Waals surface area (Å²) in [6.45, 7) is 8.76. The van der Waals surface area contributed by atoms with Crippen LogP contribution in [0, 0.1) is 0 Å². The highest BCUT2D eigenvalue weighted by molar-refractivity contribution is 5.54. The summed E-state index contributed by atoms with van der Waals surface area (Å²) >= 11 is 0. The molecule has 0 saturated heterocycles. The lowest BCUT2D eigenvalue weighted by atomic mass is 9.89. The summed E-state index contributed by atoms with van der Waals surface area (Å²) < 4.78 is 13.1. The molecule has 0 spiro atoms. The molecule has 2 unspecified atom stereocenters. The third-order valence-corrected chi connectivity index (χ3v) is 6.92. The van der Waals surface area contributed by atoms with Crippen LogP contribution < -0.4 is 9.47 Å². The molecule has 2 heteroatoms. The first-order valence-electron chi connectivity index (χ1n) is 11.1. The van der Waals surface area contributed by atoms with Crippen LogP contribution in [0.1, 0.15) is 61.1 Å². The molecular weight excluding hydrogens is 368 g/mol. The first-order valence-corrected chi connectivity index (χ1v) is 11.1. The van der Waals surface area contributed by atoms with E-state index >= 15 is 0 Å². The monoisotopic (exact) mass is 398 g/mol. The second-order valence-corrected chi connectivity index (χ2v) is 9.19. The molecule has 3 aromatic carbocycles. The number of rotatable bonds is 4. The Balaban J connectivity index is 1.40. The maximum absolute atomic E-state index is 6.53. The van der Waals surface area contributed by atoms with Crippen molar-refractivity contribution in [1.29, 1.82) is 0 Å². The summed E-state index contributed by atoms with van der Waals surface area (Å²) in [6, 6.07) is 22.1. The zero-order chi connectivity index (χ0) is 20.9. The number of ether oxygens (including phenoxy) is 2. The molecule has 154 valence electrons. The number of aryl methyl sites for hydroxylation is 2. The van der Waals surface area contributed by atoms with E-state index in [4.69, 9.17) is 9.47 Å². The Morgan fingerprint density at radius 1 is 0.633 bits per heavy atom. The molecule has 0 aliphatic carbocycles. The van der Waals surface area contributed by atoms with Crippen LogP contribution in [0.2, 0.25) is 0 Å². The molecule has 2 heterocycles. The van der Waals surface area contributed by atoms with Gasteiger partial charge in [-0.25, -0.2) is 0 Å². The summed E-state index contributed by atoms with van der Waals surface area (Å²) in [7, 11) is 0. The number of benzene rings is 3. The molecule has 0 N–H and O–H groups in total. The fraction of sp³-hybridized carbons (Fsp3) is 0.357. The van der Waals surface area contributed by atoms with Gasteiger partial charge in [0, 0.05) is 24.0 Å². The molecule has 5 rings (SSSR count). The van der Waals surface area contributed by atoms with Gasteiger partial charge in [-0.15, -0.1) is 0 Å². The molecular formula is C28H30O2. The van der Waals surface area contributed by atoms with Crippen molar-refractivity contribution in [3.05, 3.63) is 94.0 Å². The van der Waals surface area contributed by atoms with Gasteiger partial charge in [0.25, 0.3) is 0 Å². The van der Waals surface area contributed by atoms with E-state index in [1.165, 1.54) is 33.4 Å². The number of hydrogen-bond donors (Lipinski definition) is 0. The van der Waals surface area contributed by atoms with Crippen molar-refractivity contribution in [2.75, 3.05) is 0 Å². The van der Waals surface area contributed by atoms with Crippen LogP contribution in [0.15, 0.2) is 60.7 Å². The Hall–Kier alpha value is -2.74. The normalized spacial score (nSPS) is 24.1. The van der Waals surface area contributed by atoms with Crippen molar-refractivity contribution in [2.24, 2.45) is 0 Å². The maximum Gasteiger partial charge on any atom is 0.135 e. The SMILES string of the molecule is CCc1ccc(C2(C)Cc3cc4c(cc3O2)CC(C)(c2ccc(CC)cc2)O4)cc1. The highest BCUT2D eigenvalue weighted by Crippen LogP contribution is 2.48. The van der Waals surface area contributed by atoms with Crippen molar-refractivity contribution in [3.63, 3.8) is 0 Å². The van der Waals surface area contributed by atoms with E-state index in [2.05, 4.69) is 88.4 Å². The fourth-order valence-corrected chi connectivity index (χ4v) is 4.90. The first kappa shape index (κ1) is 19.2. The van der Waals surface area contributed by atoms with E-state index in [1.807, 2.05) is 0 Å². The Morgan fingerprint density at radius 3 is 1.33 bits per heavy atom. The highest BCUT2D eigenvalue weighted by Gasteiger charge is 2.41. The van der Waals surface area contributed by atoms with Gasteiger partial charge >= 0.3 is 0 Å². The summed E-state index contributed by atoms with van der Waals surface area (Å²) in [6.07, 6.45) is 3.85. The molecule has 0 amide bonds. The van der Waals surface area contributed by atoms with E-state index in [-0.39, 0.29) is 11.2 Å². The Bertz CT molecular complexity index is 957. The quantitative estimate of drug-likeness (QED) is 0.498. The van der Waals surface area contributed by atoms with Crippen LogP contribution in [0.5, 0.6) is 11.5 Å². The molecule has 0 radical (unpaired) electrons. The van der Waals surface area contributed by atoms with E-state index in [0.717, 1.165) is 37.2 Å². The van der Waals surface area contributed by atoms with Crippen molar-refractivity contribution < 1.29 is 9.47 Å². The summed E-state index contributed by atoms with van der Waals surface area (Å²) in [5.41, 5.74) is 7.03. The summed E-state index contributed by atoms with van der Waals surface area (Å²) in [5, 5.41) is 0. The van der Waals surface area contributed by atoms with E-state index in [9.17, 15) is 0 Å². The topological polar surface area (TPSA) is 18.5 Å². The third kappa shape index (κ3) is 3.10. The van der Waals surface area contributed by atoms with Crippen LogP contribution in [0.25, 0.3) is 0 Å². The molecule has 0 bridgehead atoms. The van der Waals surface area contributed by atoms with Gasteiger partial charge in [0.15, 0.2) is 0 Å². The highest BCUT2D eigenvalue weighted by atomic mass is 16.5. The van der Waals surface area contributed by atoms with Crippen molar-refractivity contribution in [3.8, 4) is 11.5 Å². The number of hydrogen-bond acceptors (Lipinski definition) is 2. The lowest BCUT2D eigenvalue weighted by molar-refractivity contribution is 0.114. The molecule has 30 heavy (non-hydrogen) atoms. The van der Waals surface area contributed by atoms with Gasteiger partial charge in [0.05, 0.1) is 0 Å². The molecule has 2 atom stereocenters. The number of fused-ring (bicyclic) bond motifs is 2. The molecule has 3 aromatic rings. The van der Waals surface area contributed by atoms with Gasteiger partial charge < -0.3 is 9.47 Å². The minimum Gasteiger partial charge on any atom is -0.482 e. The smallest absolute Gasteiger partial charge is 0.135 e. The predicted octanol–water partition coefficient (Wildman–Crippen LogP) is 6.51. The second kappa shape index (κ2) is 6.91. The van der Waals surface area contributed by atoms with E-state index in [1.54, 1.807) is 0 Å². The van der Waals surface area contributed by atoms with Crippen LogP contribution >= 0.6 is 0 Å². The Labute approximate surface area is 179 Å². The second-order valence-electron chi connectivity index (χ2n) is 9.19. The van der Waals surface area contributed by atoms with Gasteiger partial charge in [-0.3, -0.25) is 0 Å². The zero-order valence-electron chi connectivity index (χ0n) is 18.4. The molecule has 2 aliphatic rings. The Morgan fingerprint density at radius 2 is 1.00 bits per heavy atom. The standard InChI is InChI=1S/C28H30O2/c1-5-19-7-11-23(12-8-19)27(3)17-21-15-26-22(16-25(21)29-27)18-28(4,30-26)24-13-9-20(6-2)10-14-24/h7-16H,5-6,17-18H2,1-4H3. The molecule has 0 saturated carbocycles. The Kier molecular flexibility index (Phi) is 4.43. The van der Waals surface area contributed by atoms with E-state index < -0.39 is 0 Å². The molecule has 2 nitrogen and oxygen atoms in total. The minimum absolute atomic E-state index is 0.316. The van der Waals surface area contributed by atoms with Gasteiger partial charge in [-0.05, 0) is 61.1 Å². The lowest BCUT2D eigenvalue weighted by Gasteiger charge is -2.25. The van der Waals surface area contributed by atoms with Crippen molar-refractivity contribution in [1.82, 2.24) is 0 Å². The van der Waals surface area contributed by atoms with Crippen LogP contribution in [-0.4, -0.2) is 0 Å². The molecule has 0 fully saturated rings. The van der Waals surface area contributed by atoms with Crippen LogP contribution in [0.3, 0.4) is 0 Å². The summed E-state index contributed by atoms with van der Waals surface area (Å²) in [4.78, 5) is 0.